The highest BCUT2D eigenvalue weighted by atomic mass is 79.9. The molecular weight excluding hydrogens is 304 g/mol. The minimum atomic E-state index is -0.163. The van der Waals surface area contributed by atoms with Gasteiger partial charge in [-0.05, 0) is 19.9 Å². The molecule has 0 aliphatic carbocycles. The van der Waals surface area contributed by atoms with Crippen LogP contribution in [0.2, 0.25) is 5.02 Å². The molecule has 1 aromatic heterocycles. The summed E-state index contributed by atoms with van der Waals surface area (Å²) in [6.07, 6.45) is 3.64. The Labute approximate surface area is 115 Å². The molecule has 0 saturated carbocycles. The van der Waals surface area contributed by atoms with E-state index in [1.54, 1.807) is 12.4 Å². The fraction of sp³-hybridized carbons (Fsp3) is 0.583. The molecular formula is C12H16BrClN2O. The number of rotatable bonds is 2. The normalized spacial score (nSPS) is 23.8. The van der Waals surface area contributed by atoms with Crippen molar-refractivity contribution >= 4 is 33.2 Å². The van der Waals surface area contributed by atoms with E-state index in [0.29, 0.717) is 5.02 Å². The minimum Gasteiger partial charge on any atom is -0.368 e. The van der Waals surface area contributed by atoms with Crippen LogP contribution in [0.1, 0.15) is 13.8 Å². The van der Waals surface area contributed by atoms with E-state index in [0.717, 1.165) is 24.1 Å². The Kier molecular flexibility index (Phi) is 3.95. The number of morpholine rings is 1. The molecule has 1 aliphatic heterocycles. The highest BCUT2D eigenvalue weighted by Gasteiger charge is 2.33. The van der Waals surface area contributed by atoms with E-state index >= 15 is 0 Å². The zero-order valence-electron chi connectivity index (χ0n) is 9.99. The zero-order valence-corrected chi connectivity index (χ0v) is 12.3. The van der Waals surface area contributed by atoms with E-state index in [1.807, 2.05) is 6.07 Å². The van der Waals surface area contributed by atoms with Crippen molar-refractivity contribution in [3.05, 3.63) is 23.5 Å². The molecule has 0 amide bonds. The summed E-state index contributed by atoms with van der Waals surface area (Å²) in [5.74, 6) is 0. The lowest BCUT2D eigenvalue weighted by Gasteiger charge is -2.43. The minimum absolute atomic E-state index is 0.163. The molecule has 3 nitrogen and oxygen atoms in total. The van der Waals surface area contributed by atoms with Crippen molar-refractivity contribution < 1.29 is 4.74 Å². The SMILES string of the molecule is CC1(C)CN(c2ccncc2Cl)CC(CBr)O1. The number of hydrogen-bond acceptors (Lipinski definition) is 3. The first-order valence-electron chi connectivity index (χ1n) is 5.60. The van der Waals surface area contributed by atoms with Gasteiger partial charge >= 0.3 is 0 Å². The molecule has 2 rings (SSSR count). The number of alkyl halides is 1. The van der Waals surface area contributed by atoms with E-state index in [1.165, 1.54) is 0 Å². The van der Waals surface area contributed by atoms with Gasteiger partial charge in [-0.1, -0.05) is 27.5 Å². The summed E-state index contributed by atoms with van der Waals surface area (Å²) >= 11 is 9.67. The summed E-state index contributed by atoms with van der Waals surface area (Å²) < 4.78 is 5.97. The number of nitrogens with zero attached hydrogens (tertiary/aromatic N) is 2. The second-order valence-corrected chi connectivity index (χ2v) is 5.92. The van der Waals surface area contributed by atoms with Crippen LogP contribution in [0.4, 0.5) is 5.69 Å². The van der Waals surface area contributed by atoms with Crippen molar-refractivity contribution in [2.45, 2.75) is 25.6 Å². The second kappa shape index (κ2) is 5.12. The number of pyridine rings is 1. The lowest BCUT2D eigenvalue weighted by atomic mass is 10.1. The molecule has 1 unspecified atom stereocenters. The van der Waals surface area contributed by atoms with E-state index < -0.39 is 0 Å². The van der Waals surface area contributed by atoms with Crippen molar-refractivity contribution in [3.63, 3.8) is 0 Å². The monoisotopic (exact) mass is 318 g/mol. The number of ether oxygens (including phenoxy) is 1. The molecule has 0 N–H and O–H groups in total. The first-order valence-corrected chi connectivity index (χ1v) is 7.10. The quantitative estimate of drug-likeness (QED) is 0.783. The van der Waals surface area contributed by atoms with Crippen molar-refractivity contribution in [2.24, 2.45) is 0 Å². The number of halogens is 2. The Bertz CT molecular complexity index is 400. The Morgan fingerprint density at radius 1 is 1.65 bits per heavy atom. The third-order valence-electron chi connectivity index (χ3n) is 2.75. The van der Waals surface area contributed by atoms with Crippen LogP contribution in [0, 0.1) is 0 Å². The first kappa shape index (κ1) is 13.1. The van der Waals surface area contributed by atoms with Gasteiger partial charge < -0.3 is 9.64 Å². The highest BCUT2D eigenvalue weighted by molar-refractivity contribution is 9.09. The van der Waals surface area contributed by atoms with Gasteiger partial charge in [0.1, 0.15) is 0 Å². The topological polar surface area (TPSA) is 25.4 Å². The van der Waals surface area contributed by atoms with Crippen molar-refractivity contribution in [1.82, 2.24) is 4.98 Å². The van der Waals surface area contributed by atoms with E-state index in [4.69, 9.17) is 16.3 Å². The van der Waals surface area contributed by atoms with Crippen LogP contribution in [-0.4, -0.2) is 35.1 Å². The molecule has 1 saturated heterocycles. The number of aromatic nitrogens is 1. The third-order valence-corrected chi connectivity index (χ3v) is 3.76. The number of hydrogen-bond donors (Lipinski definition) is 0. The molecule has 0 radical (unpaired) electrons. The van der Waals surface area contributed by atoms with Crippen LogP contribution >= 0.6 is 27.5 Å². The van der Waals surface area contributed by atoms with Crippen LogP contribution in [0.15, 0.2) is 18.5 Å². The molecule has 1 aromatic rings. The van der Waals surface area contributed by atoms with E-state index in [9.17, 15) is 0 Å². The zero-order chi connectivity index (χ0) is 12.5. The average molecular weight is 320 g/mol. The molecule has 1 fully saturated rings. The Morgan fingerprint density at radius 2 is 2.41 bits per heavy atom. The van der Waals surface area contributed by atoms with Gasteiger partial charge in [0, 0.05) is 30.8 Å². The van der Waals surface area contributed by atoms with Crippen LogP contribution < -0.4 is 4.90 Å². The molecule has 2 heterocycles. The first-order chi connectivity index (χ1) is 8.02. The fourth-order valence-electron chi connectivity index (χ4n) is 2.18. The lowest BCUT2D eigenvalue weighted by Crippen LogP contribution is -2.53. The van der Waals surface area contributed by atoms with Gasteiger partial charge in [0.2, 0.25) is 0 Å². The molecule has 0 spiro atoms. The smallest absolute Gasteiger partial charge is 0.0854 e. The third kappa shape index (κ3) is 3.12. The van der Waals surface area contributed by atoms with Gasteiger partial charge in [0.15, 0.2) is 0 Å². The molecule has 17 heavy (non-hydrogen) atoms. The Balaban J connectivity index is 2.24. The molecule has 1 aliphatic rings. The predicted octanol–water partition coefficient (Wildman–Crippen LogP) is 3.11. The van der Waals surface area contributed by atoms with Crippen molar-refractivity contribution in [3.8, 4) is 0 Å². The molecule has 5 heteroatoms. The maximum atomic E-state index is 6.18. The van der Waals surface area contributed by atoms with Gasteiger partial charge in [-0.15, -0.1) is 0 Å². The maximum Gasteiger partial charge on any atom is 0.0854 e. The van der Waals surface area contributed by atoms with Crippen molar-refractivity contribution in [2.75, 3.05) is 23.3 Å². The second-order valence-electron chi connectivity index (χ2n) is 4.86. The summed E-state index contributed by atoms with van der Waals surface area (Å²) in [6.45, 7) is 5.88. The maximum absolute atomic E-state index is 6.18. The summed E-state index contributed by atoms with van der Waals surface area (Å²) in [5.41, 5.74) is 0.868. The number of anilines is 1. The summed E-state index contributed by atoms with van der Waals surface area (Å²) in [7, 11) is 0. The summed E-state index contributed by atoms with van der Waals surface area (Å²) in [6, 6.07) is 1.95. The standard InChI is InChI=1S/C12H16BrClN2O/c1-12(2)8-16(7-9(5-13)17-12)11-3-4-15-6-10(11)14/h3-4,6,9H,5,7-8H2,1-2H3. The molecule has 0 aromatic carbocycles. The van der Waals surface area contributed by atoms with Crippen LogP contribution in [0.3, 0.4) is 0 Å². The van der Waals surface area contributed by atoms with Gasteiger partial charge in [0.05, 0.1) is 22.4 Å². The Hall–Kier alpha value is -0.320. The van der Waals surface area contributed by atoms with Crippen LogP contribution in [0.5, 0.6) is 0 Å². The van der Waals surface area contributed by atoms with Gasteiger partial charge in [0.25, 0.3) is 0 Å². The van der Waals surface area contributed by atoms with Gasteiger partial charge in [-0.25, -0.2) is 0 Å². The van der Waals surface area contributed by atoms with Gasteiger partial charge in [-0.2, -0.15) is 0 Å². The van der Waals surface area contributed by atoms with E-state index in [2.05, 4.69) is 39.7 Å². The van der Waals surface area contributed by atoms with Crippen LogP contribution in [-0.2, 0) is 4.74 Å². The van der Waals surface area contributed by atoms with Crippen molar-refractivity contribution in [1.29, 1.82) is 0 Å². The summed E-state index contributed by atoms with van der Waals surface area (Å²) in [4.78, 5) is 6.28. The molecule has 0 bridgehead atoms. The largest absolute Gasteiger partial charge is 0.368 e. The lowest BCUT2D eigenvalue weighted by molar-refractivity contribution is -0.0723. The molecule has 94 valence electrons. The molecule has 1 atom stereocenters. The Morgan fingerprint density at radius 3 is 3.06 bits per heavy atom. The van der Waals surface area contributed by atoms with E-state index in [-0.39, 0.29) is 11.7 Å². The average Bonchev–Trinajstić information content (AvgIpc) is 2.27. The van der Waals surface area contributed by atoms with Gasteiger partial charge in [-0.3, -0.25) is 4.98 Å². The predicted molar refractivity (Wildman–Crippen MR) is 74.2 cm³/mol. The fourth-order valence-corrected chi connectivity index (χ4v) is 2.76. The van der Waals surface area contributed by atoms with Crippen LogP contribution in [0.25, 0.3) is 0 Å². The highest BCUT2D eigenvalue weighted by Crippen LogP contribution is 2.30. The summed E-state index contributed by atoms with van der Waals surface area (Å²) in [5, 5.41) is 1.52.